The molecule has 27 heavy (non-hydrogen) atoms. The van der Waals surface area contributed by atoms with Gasteiger partial charge in [0.1, 0.15) is 5.69 Å². The molecule has 142 valence electrons. The third kappa shape index (κ3) is 4.09. The minimum Gasteiger partial charge on any atom is -0.383 e. The molecule has 1 aromatic carbocycles. The van der Waals surface area contributed by atoms with E-state index < -0.39 is 0 Å². The van der Waals surface area contributed by atoms with Crippen LogP contribution in [0, 0.1) is 0 Å². The van der Waals surface area contributed by atoms with E-state index in [4.69, 9.17) is 4.74 Å². The summed E-state index contributed by atoms with van der Waals surface area (Å²) in [7, 11) is 1.61. The van der Waals surface area contributed by atoms with Crippen molar-refractivity contribution < 1.29 is 9.53 Å². The summed E-state index contributed by atoms with van der Waals surface area (Å²) in [5.74, 6) is -0.224. The molecule has 0 unspecified atom stereocenters. The lowest BCUT2D eigenvalue weighted by molar-refractivity contribution is 0.0952. The van der Waals surface area contributed by atoms with Crippen LogP contribution >= 0.6 is 0 Å². The fourth-order valence-electron chi connectivity index (χ4n) is 2.87. The van der Waals surface area contributed by atoms with Gasteiger partial charge in [-0.3, -0.25) is 9.59 Å². The van der Waals surface area contributed by atoms with E-state index in [2.05, 4.69) is 17.3 Å². The van der Waals surface area contributed by atoms with Crippen LogP contribution in [0.4, 0.5) is 0 Å². The summed E-state index contributed by atoms with van der Waals surface area (Å²) in [4.78, 5) is 25.6. The quantitative estimate of drug-likeness (QED) is 0.619. The number of hydrogen-bond donors (Lipinski definition) is 1. The Morgan fingerprint density at radius 2 is 2.00 bits per heavy atom. The van der Waals surface area contributed by atoms with Crippen molar-refractivity contribution in [2.75, 3.05) is 20.3 Å². The van der Waals surface area contributed by atoms with Crippen molar-refractivity contribution in [1.82, 2.24) is 19.7 Å². The molecular formula is C20H24N4O3. The average Bonchev–Trinajstić information content (AvgIpc) is 3.03. The average molecular weight is 368 g/mol. The number of aromatic nitrogens is 3. The van der Waals surface area contributed by atoms with E-state index in [1.54, 1.807) is 24.1 Å². The Bertz CT molecular complexity index is 930. The number of fused-ring (bicyclic) bond motifs is 1. The number of amides is 1. The first kappa shape index (κ1) is 18.8. The summed E-state index contributed by atoms with van der Waals surface area (Å²) in [6.07, 6.45) is 5.35. The molecule has 0 spiro atoms. The topological polar surface area (TPSA) is 78.2 Å². The van der Waals surface area contributed by atoms with Gasteiger partial charge in [-0.25, -0.2) is 0 Å². The smallest absolute Gasteiger partial charge is 0.282 e. The fraction of sp³-hybridized carbons (Fsp3) is 0.350. The number of benzene rings is 1. The van der Waals surface area contributed by atoms with E-state index in [-0.39, 0.29) is 11.5 Å². The summed E-state index contributed by atoms with van der Waals surface area (Å²) < 4.78 is 8.27. The number of unbranched alkanes of at least 4 members (excludes halogenated alkanes) is 1. The van der Waals surface area contributed by atoms with Gasteiger partial charge in [0.25, 0.3) is 11.5 Å². The maximum atomic E-state index is 12.9. The third-order valence-electron chi connectivity index (χ3n) is 4.34. The van der Waals surface area contributed by atoms with Crippen LogP contribution in [0.1, 0.15) is 30.1 Å². The van der Waals surface area contributed by atoms with Crippen molar-refractivity contribution in [1.29, 1.82) is 0 Å². The predicted octanol–water partition coefficient (Wildman–Crippen LogP) is 2.32. The molecule has 1 aromatic rings. The van der Waals surface area contributed by atoms with Crippen LogP contribution in [-0.4, -0.2) is 40.5 Å². The molecule has 0 bridgehead atoms. The second kappa shape index (κ2) is 8.64. The van der Waals surface area contributed by atoms with Gasteiger partial charge >= 0.3 is 0 Å². The minimum atomic E-state index is -0.245. The monoisotopic (exact) mass is 368 g/mol. The normalized spacial score (nSPS) is 11.0. The van der Waals surface area contributed by atoms with E-state index in [1.165, 1.54) is 4.68 Å². The highest BCUT2D eigenvalue weighted by molar-refractivity contribution is 5.99. The van der Waals surface area contributed by atoms with E-state index in [0.717, 1.165) is 12.8 Å². The number of para-hydroxylation sites is 1. The second-order valence-electron chi connectivity index (χ2n) is 6.33. The maximum Gasteiger partial charge on any atom is 0.282 e. The van der Waals surface area contributed by atoms with E-state index in [0.29, 0.717) is 42.2 Å². The molecule has 0 saturated carbocycles. The summed E-state index contributed by atoms with van der Waals surface area (Å²) in [5.41, 5.74) is 1.64. The molecule has 3 rings (SSSR count). The fourth-order valence-corrected chi connectivity index (χ4v) is 2.87. The van der Waals surface area contributed by atoms with Gasteiger partial charge in [0, 0.05) is 32.6 Å². The van der Waals surface area contributed by atoms with Gasteiger partial charge in [-0.05, 0) is 18.6 Å². The molecule has 2 aliphatic heterocycles. The predicted molar refractivity (Wildman–Crippen MR) is 104 cm³/mol. The van der Waals surface area contributed by atoms with Gasteiger partial charge in [-0.1, -0.05) is 31.5 Å². The molecule has 7 heteroatoms. The minimum absolute atomic E-state index is 0.224. The number of carbonyl (C=O) groups excluding carboxylic acids is 1. The van der Waals surface area contributed by atoms with Crippen LogP contribution in [0.2, 0.25) is 0 Å². The number of ether oxygens (including phenoxy) is 1. The zero-order chi connectivity index (χ0) is 19.2. The number of rotatable bonds is 8. The molecule has 0 radical (unpaired) electrons. The largest absolute Gasteiger partial charge is 0.383 e. The molecule has 0 atom stereocenters. The lowest BCUT2D eigenvalue weighted by Crippen LogP contribution is -2.26. The molecule has 0 aromatic heterocycles. The summed E-state index contributed by atoms with van der Waals surface area (Å²) >= 11 is 0. The standard InChI is InChI=1S/C20H24N4O3/c1-3-4-10-21-19(25)16-13-23(11-12-27-2)14-17-18(16)22-24(20(17)26)15-8-6-5-7-9-15/h5-9,13-14H,3-4,10-12H2,1-2H3,(H,21,25). The SMILES string of the molecule is CCCCNC(=O)c1cn(CCOC)cc2c(=O)n(-c3ccccc3)nc1-2. The number of hydrogen-bond acceptors (Lipinski definition) is 4. The Hall–Kier alpha value is -2.93. The Kier molecular flexibility index (Phi) is 6.03. The number of carbonyl (C=O) groups is 1. The van der Waals surface area contributed by atoms with Gasteiger partial charge < -0.3 is 14.6 Å². The van der Waals surface area contributed by atoms with Crippen LogP contribution in [-0.2, 0) is 11.3 Å². The molecule has 1 N–H and O–H groups in total. The Morgan fingerprint density at radius 3 is 2.70 bits per heavy atom. The van der Waals surface area contributed by atoms with Crippen molar-refractivity contribution in [3.05, 3.63) is 58.6 Å². The van der Waals surface area contributed by atoms with E-state index in [9.17, 15) is 9.59 Å². The Morgan fingerprint density at radius 1 is 1.22 bits per heavy atom. The Balaban J connectivity index is 2.08. The highest BCUT2D eigenvalue weighted by atomic mass is 16.5. The first-order valence-corrected chi connectivity index (χ1v) is 9.11. The number of nitrogens with zero attached hydrogens (tertiary/aromatic N) is 3. The van der Waals surface area contributed by atoms with Crippen LogP contribution in [0.15, 0.2) is 47.5 Å². The molecule has 1 amide bonds. The van der Waals surface area contributed by atoms with Crippen molar-refractivity contribution >= 4 is 5.91 Å². The highest BCUT2D eigenvalue weighted by Crippen LogP contribution is 2.22. The summed E-state index contributed by atoms with van der Waals surface area (Å²) in [6, 6.07) is 9.19. The van der Waals surface area contributed by atoms with Gasteiger partial charge in [-0.15, -0.1) is 0 Å². The van der Waals surface area contributed by atoms with E-state index >= 15 is 0 Å². The summed E-state index contributed by atoms with van der Waals surface area (Å²) in [5, 5.41) is 7.36. The highest BCUT2D eigenvalue weighted by Gasteiger charge is 2.24. The van der Waals surface area contributed by atoms with Crippen molar-refractivity contribution in [2.24, 2.45) is 0 Å². The molecule has 7 nitrogen and oxygen atoms in total. The Labute approximate surface area is 157 Å². The molecular weight excluding hydrogens is 344 g/mol. The third-order valence-corrected chi connectivity index (χ3v) is 4.34. The second-order valence-corrected chi connectivity index (χ2v) is 6.33. The first-order valence-electron chi connectivity index (χ1n) is 9.11. The molecule has 2 heterocycles. The van der Waals surface area contributed by atoms with Gasteiger partial charge in [0.05, 0.1) is 23.4 Å². The summed E-state index contributed by atoms with van der Waals surface area (Å²) in [6.45, 7) is 3.68. The van der Waals surface area contributed by atoms with Gasteiger partial charge in [0.15, 0.2) is 0 Å². The molecule has 2 aliphatic rings. The first-order chi connectivity index (χ1) is 13.2. The van der Waals surface area contributed by atoms with Gasteiger partial charge in [-0.2, -0.15) is 9.78 Å². The molecule has 0 aliphatic carbocycles. The van der Waals surface area contributed by atoms with Gasteiger partial charge in [0.2, 0.25) is 0 Å². The zero-order valence-electron chi connectivity index (χ0n) is 15.6. The maximum absolute atomic E-state index is 12.9. The number of pyridine rings is 1. The van der Waals surface area contributed by atoms with Crippen molar-refractivity contribution in [3.8, 4) is 16.9 Å². The molecule has 0 saturated heterocycles. The van der Waals surface area contributed by atoms with E-state index in [1.807, 2.05) is 30.3 Å². The van der Waals surface area contributed by atoms with Crippen molar-refractivity contribution in [3.63, 3.8) is 0 Å². The molecule has 0 fully saturated rings. The number of nitrogens with one attached hydrogen (secondary N) is 1. The van der Waals surface area contributed by atoms with Crippen LogP contribution in [0.3, 0.4) is 0 Å². The van der Waals surface area contributed by atoms with Crippen LogP contribution in [0.25, 0.3) is 16.9 Å². The van der Waals surface area contributed by atoms with Crippen LogP contribution < -0.4 is 10.9 Å². The lowest BCUT2D eigenvalue weighted by Gasteiger charge is -2.12. The zero-order valence-corrected chi connectivity index (χ0v) is 15.6. The number of methoxy groups -OCH3 is 1. The van der Waals surface area contributed by atoms with Crippen molar-refractivity contribution in [2.45, 2.75) is 26.3 Å². The van der Waals surface area contributed by atoms with Crippen LogP contribution in [0.5, 0.6) is 0 Å². The lowest BCUT2D eigenvalue weighted by atomic mass is 10.1.